The molecule has 5 nitrogen and oxygen atoms in total. The quantitative estimate of drug-likeness (QED) is 0.741. The molecule has 0 bridgehead atoms. The van der Waals surface area contributed by atoms with Crippen LogP contribution in [0.15, 0.2) is 48.5 Å². The Bertz CT molecular complexity index is 1030. The first-order valence-electron chi connectivity index (χ1n) is 9.17. The molecular formula is C22H22N2O3. The van der Waals surface area contributed by atoms with Crippen LogP contribution in [-0.2, 0) is 17.8 Å². The number of fused-ring (bicyclic) bond motifs is 2. The van der Waals surface area contributed by atoms with Crippen molar-refractivity contribution in [1.82, 2.24) is 9.88 Å². The number of hydrogen-bond donors (Lipinski definition) is 2. The van der Waals surface area contributed by atoms with Crippen LogP contribution in [0.2, 0.25) is 0 Å². The maximum Gasteiger partial charge on any atom is 0.326 e. The van der Waals surface area contributed by atoms with E-state index in [1.54, 1.807) is 6.07 Å². The summed E-state index contributed by atoms with van der Waals surface area (Å²) in [5.74, 6) is -0.859. The summed E-state index contributed by atoms with van der Waals surface area (Å²) in [5.41, 5.74) is 4.51. The standard InChI is InChI=1S/C22H22N2O3/c1-13(2)14-7-8-16-10-19(23-18(16)9-14)21(25)24-12-17-6-4-3-5-15(17)11-20(24)22(26)27/h3-10,13,20,23H,11-12H2,1-2H3,(H,26,27)/t20-/m1/s1. The Morgan fingerprint density at radius 2 is 1.85 bits per heavy atom. The lowest BCUT2D eigenvalue weighted by Crippen LogP contribution is -2.48. The van der Waals surface area contributed by atoms with Gasteiger partial charge in [0.1, 0.15) is 11.7 Å². The lowest BCUT2D eigenvalue weighted by atomic mass is 9.93. The lowest BCUT2D eigenvalue weighted by Gasteiger charge is -2.34. The number of aromatic nitrogens is 1. The molecule has 1 amide bonds. The Morgan fingerprint density at radius 1 is 1.11 bits per heavy atom. The molecule has 1 aliphatic heterocycles. The third-order valence-corrected chi connectivity index (χ3v) is 5.34. The van der Waals surface area contributed by atoms with Gasteiger partial charge in [0.25, 0.3) is 5.91 Å². The molecule has 5 heteroatoms. The smallest absolute Gasteiger partial charge is 0.326 e. The number of carboxylic acids is 1. The second-order valence-electron chi connectivity index (χ2n) is 7.44. The van der Waals surface area contributed by atoms with Crippen molar-refractivity contribution >= 4 is 22.8 Å². The van der Waals surface area contributed by atoms with E-state index in [1.165, 1.54) is 10.5 Å². The monoisotopic (exact) mass is 362 g/mol. The highest BCUT2D eigenvalue weighted by Crippen LogP contribution is 2.27. The molecule has 2 aromatic carbocycles. The minimum absolute atomic E-state index is 0.279. The SMILES string of the molecule is CC(C)c1ccc2cc(C(=O)N3Cc4ccccc4C[C@@H]3C(=O)O)[nH]c2c1. The molecule has 1 aliphatic rings. The molecule has 2 N–H and O–H groups in total. The number of nitrogens with one attached hydrogen (secondary N) is 1. The summed E-state index contributed by atoms with van der Waals surface area (Å²) in [4.78, 5) is 29.6. The predicted molar refractivity (Wildman–Crippen MR) is 104 cm³/mol. The van der Waals surface area contributed by atoms with Crippen molar-refractivity contribution in [1.29, 1.82) is 0 Å². The molecule has 0 spiro atoms. The van der Waals surface area contributed by atoms with E-state index >= 15 is 0 Å². The van der Waals surface area contributed by atoms with E-state index < -0.39 is 12.0 Å². The van der Waals surface area contributed by atoms with Crippen LogP contribution in [0.5, 0.6) is 0 Å². The first-order valence-corrected chi connectivity index (χ1v) is 9.17. The average molecular weight is 362 g/mol. The van der Waals surface area contributed by atoms with Gasteiger partial charge in [-0.3, -0.25) is 4.79 Å². The van der Waals surface area contributed by atoms with Gasteiger partial charge in [0, 0.05) is 23.9 Å². The number of benzene rings is 2. The van der Waals surface area contributed by atoms with Crippen molar-refractivity contribution in [2.24, 2.45) is 0 Å². The molecule has 0 saturated heterocycles. The minimum Gasteiger partial charge on any atom is -0.480 e. The molecule has 0 radical (unpaired) electrons. The number of amides is 1. The number of carbonyl (C=O) groups is 2. The van der Waals surface area contributed by atoms with Gasteiger partial charge in [-0.1, -0.05) is 50.2 Å². The van der Waals surface area contributed by atoms with Crippen LogP contribution in [0.3, 0.4) is 0 Å². The van der Waals surface area contributed by atoms with Crippen molar-refractivity contribution in [2.75, 3.05) is 0 Å². The largest absolute Gasteiger partial charge is 0.480 e. The Labute approximate surface area is 157 Å². The number of aromatic amines is 1. The van der Waals surface area contributed by atoms with Gasteiger partial charge in [-0.2, -0.15) is 0 Å². The van der Waals surface area contributed by atoms with Crippen molar-refractivity contribution in [3.63, 3.8) is 0 Å². The van der Waals surface area contributed by atoms with Gasteiger partial charge in [-0.25, -0.2) is 4.79 Å². The first-order chi connectivity index (χ1) is 12.9. The fourth-order valence-electron chi connectivity index (χ4n) is 3.73. The molecule has 0 fully saturated rings. The number of aliphatic carboxylic acids is 1. The van der Waals surface area contributed by atoms with Crippen LogP contribution >= 0.6 is 0 Å². The van der Waals surface area contributed by atoms with E-state index in [2.05, 4.69) is 31.0 Å². The van der Waals surface area contributed by atoms with Crippen LogP contribution in [-0.4, -0.2) is 32.9 Å². The summed E-state index contributed by atoms with van der Waals surface area (Å²) in [6, 6.07) is 14.8. The third-order valence-electron chi connectivity index (χ3n) is 5.34. The zero-order valence-corrected chi connectivity index (χ0v) is 15.4. The van der Waals surface area contributed by atoms with Crippen molar-refractivity contribution < 1.29 is 14.7 Å². The molecule has 0 saturated carbocycles. The summed E-state index contributed by atoms with van der Waals surface area (Å²) >= 11 is 0. The Morgan fingerprint density at radius 3 is 2.56 bits per heavy atom. The van der Waals surface area contributed by atoms with Crippen molar-refractivity contribution in [3.8, 4) is 0 Å². The molecule has 4 rings (SSSR count). The summed E-state index contributed by atoms with van der Waals surface area (Å²) in [5, 5.41) is 10.6. The molecule has 3 aromatic rings. The molecule has 2 heterocycles. The van der Waals surface area contributed by atoms with Crippen LogP contribution in [0.1, 0.15) is 46.9 Å². The van der Waals surface area contributed by atoms with E-state index in [-0.39, 0.29) is 5.91 Å². The molecule has 1 aromatic heterocycles. The number of H-pyrrole nitrogens is 1. The third kappa shape index (κ3) is 3.10. The summed E-state index contributed by atoms with van der Waals surface area (Å²) in [6.07, 6.45) is 0.328. The fraction of sp³-hybridized carbons (Fsp3) is 0.273. The minimum atomic E-state index is -0.976. The average Bonchev–Trinajstić information content (AvgIpc) is 3.09. The van der Waals surface area contributed by atoms with Gasteiger partial charge in [-0.15, -0.1) is 0 Å². The van der Waals surface area contributed by atoms with Gasteiger partial charge in [-0.05, 0) is 34.7 Å². The van der Waals surface area contributed by atoms with E-state index in [1.807, 2.05) is 30.3 Å². The van der Waals surface area contributed by atoms with Crippen LogP contribution in [0.4, 0.5) is 0 Å². The van der Waals surface area contributed by atoms with Crippen LogP contribution in [0, 0.1) is 0 Å². The Hall–Kier alpha value is -3.08. The number of hydrogen-bond acceptors (Lipinski definition) is 2. The fourth-order valence-corrected chi connectivity index (χ4v) is 3.73. The normalized spacial score (nSPS) is 16.6. The number of carbonyl (C=O) groups excluding carboxylic acids is 1. The molecular weight excluding hydrogens is 340 g/mol. The maximum absolute atomic E-state index is 13.1. The molecule has 27 heavy (non-hydrogen) atoms. The molecule has 138 valence electrons. The van der Waals surface area contributed by atoms with Crippen LogP contribution in [0.25, 0.3) is 10.9 Å². The zero-order chi connectivity index (χ0) is 19.1. The molecule has 1 atom stereocenters. The highest BCUT2D eigenvalue weighted by Gasteiger charge is 2.35. The maximum atomic E-state index is 13.1. The molecule has 0 unspecified atom stereocenters. The van der Waals surface area contributed by atoms with E-state index in [0.717, 1.165) is 22.0 Å². The second kappa shape index (κ2) is 6.58. The lowest BCUT2D eigenvalue weighted by molar-refractivity contribution is -0.142. The summed E-state index contributed by atoms with van der Waals surface area (Å²) in [6.45, 7) is 4.55. The van der Waals surface area contributed by atoms with Gasteiger partial charge in [0.15, 0.2) is 0 Å². The Kier molecular flexibility index (Phi) is 4.22. The highest BCUT2D eigenvalue weighted by molar-refractivity contribution is 6.00. The topological polar surface area (TPSA) is 73.4 Å². The van der Waals surface area contributed by atoms with Gasteiger partial charge in [0.2, 0.25) is 0 Å². The predicted octanol–water partition coefficient (Wildman–Crippen LogP) is 3.94. The summed E-state index contributed by atoms with van der Waals surface area (Å²) < 4.78 is 0. The molecule has 0 aliphatic carbocycles. The van der Waals surface area contributed by atoms with Gasteiger partial charge < -0.3 is 15.0 Å². The van der Waals surface area contributed by atoms with E-state index in [0.29, 0.717) is 24.6 Å². The highest BCUT2D eigenvalue weighted by atomic mass is 16.4. The van der Waals surface area contributed by atoms with Gasteiger partial charge in [0.05, 0.1) is 0 Å². The van der Waals surface area contributed by atoms with Crippen molar-refractivity contribution in [2.45, 2.75) is 38.8 Å². The summed E-state index contributed by atoms with van der Waals surface area (Å²) in [7, 11) is 0. The first kappa shape index (κ1) is 17.3. The number of rotatable bonds is 3. The van der Waals surface area contributed by atoms with Crippen LogP contribution < -0.4 is 0 Å². The van der Waals surface area contributed by atoms with E-state index in [4.69, 9.17) is 0 Å². The number of nitrogens with zero attached hydrogens (tertiary/aromatic N) is 1. The van der Waals surface area contributed by atoms with E-state index in [9.17, 15) is 14.7 Å². The van der Waals surface area contributed by atoms with Gasteiger partial charge >= 0.3 is 5.97 Å². The number of carboxylic acid groups (broad SMARTS) is 1. The Balaban J connectivity index is 1.70. The van der Waals surface area contributed by atoms with Crippen molar-refractivity contribution in [3.05, 3.63) is 70.9 Å². The zero-order valence-electron chi connectivity index (χ0n) is 15.4. The second-order valence-corrected chi connectivity index (χ2v) is 7.44.